The van der Waals surface area contributed by atoms with Gasteiger partial charge in [-0.1, -0.05) is 19.9 Å². The zero-order chi connectivity index (χ0) is 15.8. The van der Waals surface area contributed by atoms with Gasteiger partial charge in [0.1, 0.15) is 0 Å². The fraction of sp³-hybridized carbons (Fsp3) is 0.429. The van der Waals surface area contributed by atoms with Crippen molar-refractivity contribution in [3.05, 3.63) is 47.0 Å². The number of hydrogen-bond donors (Lipinski definition) is 0. The molecule has 3 atom stereocenters. The van der Waals surface area contributed by atoms with Crippen molar-refractivity contribution in [2.45, 2.75) is 37.2 Å². The third-order valence-corrected chi connectivity index (χ3v) is 5.44. The van der Waals surface area contributed by atoms with Gasteiger partial charge in [-0.05, 0) is 24.5 Å². The third kappa shape index (κ3) is 2.98. The maximum atomic E-state index is 12.5. The van der Waals surface area contributed by atoms with Gasteiger partial charge in [-0.3, -0.25) is 10.1 Å². The van der Waals surface area contributed by atoms with Gasteiger partial charge in [-0.15, -0.1) is 6.58 Å². The fourth-order valence-electron chi connectivity index (χ4n) is 2.46. The SMILES string of the molecule is C=C[C@H]1[C@H](CC(C)C)N1S(=O)(=O)c1ccc([N+](=O)[O-])cc1. The third-order valence-electron chi connectivity index (χ3n) is 3.50. The Morgan fingerprint density at radius 3 is 2.38 bits per heavy atom. The van der Waals surface area contributed by atoms with Crippen molar-refractivity contribution in [3.8, 4) is 0 Å². The lowest BCUT2D eigenvalue weighted by Crippen LogP contribution is -2.16. The van der Waals surface area contributed by atoms with E-state index in [0.29, 0.717) is 5.92 Å². The molecular formula is C14H18N2O4S. The van der Waals surface area contributed by atoms with E-state index in [1.165, 1.54) is 28.6 Å². The minimum atomic E-state index is -3.62. The normalized spacial score (nSPS) is 24.8. The lowest BCUT2D eigenvalue weighted by atomic mass is 10.1. The molecule has 1 saturated heterocycles. The van der Waals surface area contributed by atoms with Gasteiger partial charge in [0.2, 0.25) is 10.0 Å². The largest absolute Gasteiger partial charge is 0.269 e. The Morgan fingerprint density at radius 2 is 1.95 bits per heavy atom. The smallest absolute Gasteiger partial charge is 0.258 e. The second kappa shape index (κ2) is 5.57. The molecule has 0 spiro atoms. The first-order valence-electron chi connectivity index (χ1n) is 6.69. The van der Waals surface area contributed by atoms with Crippen molar-refractivity contribution in [1.82, 2.24) is 4.31 Å². The number of sulfonamides is 1. The first-order chi connectivity index (χ1) is 9.78. The first kappa shape index (κ1) is 15.7. The Bertz CT molecular complexity index is 652. The Balaban J connectivity index is 2.26. The van der Waals surface area contributed by atoms with E-state index in [2.05, 4.69) is 6.58 Å². The predicted molar refractivity (Wildman–Crippen MR) is 79.3 cm³/mol. The van der Waals surface area contributed by atoms with Crippen molar-refractivity contribution in [2.24, 2.45) is 5.92 Å². The van der Waals surface area contributed by atoms with E-state index < -0.39 is 14.9 Å². The number of non-ortho nitro benzene ring substituents is 1. The molecule has 0 bridgehead atoms. The van der Waals surface area contributed by atoms with E-state index in [1.54, 1.807) is 6.08 Å². The van der Waals surface area contributed by atoms with E-state index in [0.717, 1.165) is 6.42 Å². The Morgan fingerprint density at radius 1 is 1.38 bits per heavy atom. The molecule has 0 aromatic heterocycles. The molecule has 1 unspecified atom stereocenters. The molecule has 0 aliphatic carbocycles. The molecule has 1 aliphatic heterocycles. The van der Waals surface area contributed by atoms with E-state index >= 15 is 0 Å². The van der Waals surface area contributed by atoms with E-state index in [1.807, 2.05) is 13.8 Å². The summed E-state index contributed by atoms with van der Waals surface area (Å²) in [5.41, 5.74) is -0.126. The molecule has 0 N–H and O–H groups in total. The van der Waals surface area contributed by atoms with Crippen LogP contribution in [-0.4, -0.2) is 29.7 Å². The molecule has 7 heteroatoms. The summed E-state index contributed by atoms with van der Waals surface area (Å²) in [5, 5.41) is 10.6. The minimum Gasteiger partial charge on any atom is -0.258 e. The summed E-state index contributed by atoms with van der Waals surface area (Å²) in [6.07, 6.45) is 2.40. The van der Waals surface area contributed by atoms with Crippen LogP contribution < -0.4 is 0 Å². The monoisotopic (exact) mass is 310 g/mol. The van der Waals surface area contributed by atoms with Gasteiger partial charge in [0.25, 0.3) is 5.69 Å². The van der Waals surface area contributed by atoms with Crippen molar-refractivity contribution in [2.75, 3.05) is 0 Å². The lowest BCUT2D eigenvalue weighted by Gasteiger charge is -2.07. The van der Waals surface area contributed by atoms with Crippen LogP contribution in [0.25, 0.3) is 0 Å². The standard InChI is InChI=1S/C14H18N2O4S/c1-4-13-14(9-10(2)3)15(13)21(19,20)12-7-5-11(6-8-12)16(17)18/h4-8,10,13-14H,1,9H2,2-3H3/t13-,14-,15?/m0/s1. The van der Waals surface area contributed by atoms with Gasteiger partial charge >= 0.3 is 0 Å². The number of nitro groups is 1. The van der Waals surface area contributed by atoms with Crippen LogP contribution >= 0.6 is 0 Å². The van der Waals surface area contributed by atoms with Gasteiger partial charge in [-0.2, -0.15) is 4.31 Å². The predicted octanol–water partition coefficient (Wildman–Crippen LogP) is 2.57. The molecule has 1 aromatic rings. The molecule has 21 heavy (non-hydrogen) atoms. The van der Waals surface area contributed by atoms with Crippen molar-refractivity contribution in [3.63, 3.8) is 0 Å². The second-order valence-electron chi connectivity index (χ2n) is 5.51. The highest BCUT2D eigenvalue weighted by atomic mass is 32.2. The number of rotatable bonds is 6. The zero-order valence-corrected chi connectivity index (χ0v) is 12.8. The van der Waals surface area contributed by atoms with Crippen LogP contribution in [0.2, 0.25) is 0 Å². The van der Waals surface area contributed by atoms with Gasteiger partial charge in [0.05, 0.1) is 15.9 Å². The highest BCUT2D eigenvalue weighted by molar-refractivity contribution is 7.89. The molecule has 0 saturated carbocycles. The average Bonchev–Trinajstić information content (AvgIpc) is 3.11. The Kier molecular flexibility index (Phi) is 4.15. The topological polar surface area (TPSA) is 80.3 Å². The highest BCUT2D eigenvalue weighted by Gasteiger charge is 2.53. The maximum absolute atomic E-state index is 12.5. The molecule has 6 nitrogen and oxygen atoms in total. The van der Waals surface area contributed by atoms with Gasteiger partial charge < -0.3 is 0 Å². The number of hydrogen-bond acceptors (Lipinski definition) is 4. The molecule has 114 valence electrons. The molecule has 2 rings (SSSR count). The van der Waals surface area contributed by atoms with Crippen LogP contribution in [-0.2, 0) is 10.0 Å². The van der Waals surface area contributed by atoms with Crippen LogP contribution in [0.4, 0.5) is 5.69 Å². The molecule has 1 fully saturated rings. The molecule has 1 aromatic carbocycles. The molecule has 0 radical (unpaired) electrons. The van der Waals surface area contributed by atoms with Crippen molar-refractivity contribution in [1.29, 1.82) is 0 Å². The van der Waals surface area contributed by atoms with Gasteiger partial charge in [0, 0.05) is 18.2 Å². The quantitative estimate of drug-likeness (QED) is 0.350. The highest BCUT2D eigenvalue weighted by Crippen LogP contribution is 2.40. The van der Waals surface area contributed by atoms with Crippen LogP contribution in [0.3, 0.4) is 0 Å². The molecule has 1 aliphatic rings. The van der Waals surface area contributed by atoms with E-state index in [-0.39, 0.29) is 22.7 Å². The number of nitro benzene ring substituents is 1. The number of nitrogens with zero attached hydrogens (tertiary/aromatic N) is 2. The Hall–Kier alpha value is -1.73. The first-order valence-corrected chi connectivity index (χ1v) is 8.13. The number of benzene rings is 1. The van der Waals surface area contributed by atoms with Gasteiger partial charge in [-0.25, -0.2) is 8.42 Å². The van der Waals surface area contributed by atoms with Crippen LogP contribution in [0, 0.1) is 16.0 Å². The van der Waals surface area contributed by atoms with Gasteiger partial charge in [0.15, 0.2) is 0 Å². The van der Waals surface area contributed by atoms with Crippen molar-refractivity contribution >= 4 is 15.7 Å². The zero-order valence-electron chi connectivity index (χ0n) is 12.0. The summed E-state index contributed by atoms with van der Waals surface area (Å²) >= 11 is 0. The second-order valence-corrected chi connectivity index (χ2v) is 7.35. The van der Waals surface area contributed by atoms with Crippen LogP contribution in [0.5, 0.6) is 0 Å². The average molecular weight is 310 g/mol. The van der Waals surface area contributed by atoms with E-state index in [9.17, 15) is 18.5 Å². The maximum Gasteiger partial charge on any atom is 0.269 e. The summed E-state index contributed by atoms with van der Waals surface area (Å²) in [7, 11) is -3.62. The molecule has 0 amide bonds. The van der Waals surface area contributed by atoms with Crippen LogP contribution in [0.1, 0.15) is 20.3 Å². The summed E-state index contributed by atoms with van der Waals surface area (Å²) in [6.45, 7) is 7.75. The Labute approximate surface area is 124 Å². The molecular weight excluding hydrogens is 292 g/mol. The van der Waals surface area contributed by atoms with Crippen LogP contribution in [0.15, 0.2) is 41.8 Å². The fourth-order valence-corrected chi connectivity index (χ4v) is 4.25. The van der Waals surface area contributed by atoms with Crippen molar-refractivity contribution < 1.29 is 13.3 Å². The summed E-state index contributed by atoms with van der Waals surface area (Å²) in [4.78, 5) is 10.1. The van der Waals surface area contributed by atoms with E-state index in [4.69, 9.17) is 0 Å². The summed E-state index contributed by atoms with van der Waals surface area (Å²) in [6, 6.07) is 4.71. The summed E-state index contributed by atoms with van der Waals surface area (Å²) < 4.78 is 26.5. The molecule has 1 heterocycles. The minimum absolute atomic E-state index is 0.0670. The summed E-state index contributed by atoms with van der Waals surface area (Å²) in [5.74, 6) is 0.384. The lowest BCUT2D eigenvalue weighted by molar-refractivity contribution is -0.384.